The monoisotopic (exact) mass is 284 g/mol. The van der Waals surface area contributed by atoms with Crippen molar-refractivity contribution in [1.29, 1.82) is 0 Å². The number of nitrogens with one attached hydrogen (secondary N) is 1. The van der Waals surface area contributed by atoms with Crippen LogP contribution >= 0.6 is 25.7 Å². The van der Waals surface area contributed by atoms with Gasteiger partial charge in [0.25, 0.3) is 0 Å². The van der Waals surface area contributed by atoms with Crippen LogP contribution in [0.5, 0.6) is 5.75 Å². The molecular formula is C12H16N2O2S2. The van der Waals surface area contributed by atoms with Gasteiger partial charge in [0.2, 0.25) is 0 Å². The van der Waals surface area contributed by atoms with Gasteiger partial charge in [0, 0.05) is 5.39 Å². The van der Waals surface area contributed by atoms with E-state index in [1.54, 1.807) is 10.4 Å². The van der Waals surface area contributed by atoms with Crippen molar-refractivity contribution in [2.45, 2.75) is 0 Å². The van der Waals surface area contributed by atoms with E-state index >= 15 is 0 Å². The Morgan fingerprint density at radius 3 is 2.61 bits per heavy atom. The number of hydrogen-bond donors (Lipinski definition) is 2. The lowest BCUT2D eigenvalue weighted by atomic mass is 10.1. The third kappa shape index (κ3) is 3.46. The van der Waals surface area contributed by atoms with Crippen LogP contribution in [0, 0.1) is 0 Å². The molecule has 0 fully saturated rings. The lowest BCUT2D eigenvalue weighted by Gasteiger charge is -2.12. The third-order valence-corrected chi connectivity index (χ3v) is 2.69. The molecule has 18 heavy (non-hydrogen) atoms. The van der Waals surface area contributed by atoms with E-state index in [-0.39, 0.29) is 19.2 Å². The van der Waals surface area contributed by atoms with Crippen molar-refractivity contribution in [3.8, 4) is 5.75 Å². The van der Waals surface area contributed by atoms with Crippen LogP contribution in [0.15, 0.2) is 36.4 Å². The molecule has 0 heterocycles. The van der Waals surface area contributed by atoms with Crippen LogP contribution < -0.4 is 5.48 Å². The first-order valence-electron chi connectivity index (χ1n) is 5.16. The molecule has 0 saturated carbocycles. The topological polar surface area (TPSA) is 44.7 Å². The predicted octanol–water partition coefficient (Wildman–Crippen LogP) is 3.13. The molecule has 2 N–H and O–H groups in total. The number of phenols is 1. The van der Waals surface area contributed by atoms with Gasteiger partial charge in [0.1, 0.15) is 23.7 Å². The Bertz CT molecular complexity index is 520. The molecule has 0 atom stereocenters. The number of benzene rings is 2. The molecule has 0 bridgehead atoms. The van der Waals surface area contributed by atoms with Crippen LogP contribution in [0.2, 0.25) is 0 Å². The second-order valence-electron chi connectivity index (χ2n) is 3.75. The van der Waals surface area contributed by atoms with Gasteiger partial charge in [-0.25, -0.2) is 9.79 Å². The number of anilines is 1. The fraction of sp³-hybridized carbons (Fsp3) is 0.167. The van der Waals surface area contributed by atoms with Crippen molar-refractivity contribution in [2.75, 3.05) is 19.6 Å². The van der Waals surface area contributed by atoms with Gasteiger partial charge in [-0.1, -0.05) is 30.3 Å². The van der Waals surface area contributed by atoms with Gasteiger partial charge >= 0.3 is 0 Å². The van der Waals surface area contributed by atoms with E-state index in [0.717, 1.165) is 23.0 Å². The minimum atomic E-state index is 0. The first-order valence-corrected chi connectivity index (χ1v) is 5.86. The Morgan fingerprint density at radius 1 is 1.17 bits per heavy atom. The molecule has 98 valence electrons. The van der Waals surface area contributed by atoms with Crippen LogP contribution in [-0.4, -0.2) is 23.5 Å². The van der Waals surface area contributed by atoms with Gasteiger partial charge in [-0.3, -0.25) is 0 Å². The molecule has 2 aromatic rings. The summed E-state index contributed by atoms with van der Waals surface area (Å²) >= 11 is 1.15. The molecule has 0 radical (unpaired) electrons. The molecule has 0 aliphatic rings. The summed E-state index contributed by atoms with van der Waals surface area (Å²) in [5, 5.41) is 11.8. The highest BCUT2D eigenvalue weighted by Crippen LogP contribution is 2.32. The van der Waals surface area contributed by atoms with Crippen LogP contribution in [0.4, 0.5) is 5.69 Å². The zero-order valence-corrected chi connectivity index (χ0v) is 12.0. The molecular weight excluding hydrogens is 268 g/mol. The molecule has 2 aromatic carbocycles. The summed E-state index contributed by atoms with van der Waals surface area (Å²) in [6.45, 7) is 0. The van der Waals surface area contributed by atoms with Gasteiger partial charge in [0.05, 0.1) is 0 Å². The fourth-order valence-corrected chi connectivity index (χ4v) is 1.77. The lowest BCUT2D eigenvalue weighted by molar-refractivity contribution is 0.432. The Labute approximate surface area is 118 Å². The van der Waals surface area contributed by atoms with E-state index in [1.807, 2.05) is 44.4 Å². The van der Waals surface area contributed by atoms with E-state index in [0.29, 0.717) is 5.69 Å². The van der Waals surface area contributed by atoms with Crippen molar-refractivity contribution in [3.05, 3.63) is 36.4 Å². The van der Waals surface area contributed by atoms with Gasteiger partial charge in [-0.2, -0.15) is 17.8 Å². The van der Waals surface area contributed by atoms with E-state index < -0.39 is 0 Å². The van der Waals surface area contributed by atoms with Gasteiger partial charge < -0.3 is 5.11 Å². The van der Waals surface area contributed by atoms with Crippen LogP contribution in [0.3, 0.4) is 0 Å². The normalized spacial score (nSPS) is 10.4. The molecule has 2 rings (SSSR count). The Kier molecular flexibility index (Phi) is 5.61. The molecule has 0 amide bonds. The van der Waals surface area contributed by atoms with Crippen LogP contribution in [-0.2, 0) is 4.28 Å². The summed E-state index contributed by atoms with van der Waals surface area (Å²) in [5.74, 6) is 0.169. The quantitative estimate of drug-likeness (QED) is 0.391. The summed E-state index contributed by atoms with van der Waals surface area (Å²) in [7, 11) is 3.74. The Hall–Kier alpha value is -1.08. The number of aromatic hydroxyl groups is 1. The van der Waals surface area contributed by atoms with Crippen molar-refractivity contribution >= 4 is 42.2 Å². The average Bonchev–Trinajstić information content (AvgIpc) is 2.32. The van der Waals surface area contributed by atoms with E-state index in [9.17, 15) is 5.11 Å². The SMILES string of the molecule is CN(C)SONc1c(O)ccc2ccccc12.S. The summed E-state index contributed by atoms with van der Waals surface area (Å²) in [6.07, 6.45) is 0. The van der Waals surface area contributed by atoms with Crippen LogP contribution in [0.1, 0.15) is 0 Å². The number of hydrogen-bond acceptors (Lipinski definition) is 5. The highest BCUT2D eigenvalue weighted by Gasteiger charge is 2.06. The first-order chi connectivity index (χ1) is 8.18. The standard InChI is InChI=1S/C12H14N2O2S.H2S/c1-14(2)17-16-13-12-10-6-4-3-5-9(10)7-8-11(12)15;/h3-8,13,15H,1-2H3;1H2. The van der Waals surface area contributed by atoms with Crippen molar-refractivity contribution in [2.24, 2.45) is 0 Å². The minimum absolute atomic E-state index is 0. The molecule has 0 unspecified atom stereocenters. The van der Waals surface area contributed by atoms with E-state index in [2.05, 4.69) is 5.48 Å². The summed E-state index contributed by atoms with van der Waals surface area (Å²) in [5.41, 5.74) is 3.34. The maximum atomic E-state index is 9.81. The first kappa shape index (κ1) is 15.0. The molecule has 0 aliphatic heterocycles. The number of fused-ring (bicyclic) bond motifs is 1. The highest BCUT2D eigenvalue weighted by molar-refractivity contribution is 7.92. The van der Waals surface area contributed by atoms with Crippen molar-refractivity contribution < 1.29 is 9.39 Å². The van der Waals surface area contributed by atoms with Gasteiger partial charge in [0.15, 0.2) is 0 Å². The van der Waals surface area contributed by atoms with Gasteiger partial charge in [-0.15, -0.1) is 0 Å². The zero-order valence-electron chi connectivity index (χ0n) is 10.2. The second-order valence-corrected chi connectivity index (χ2v) is 4.80. The molecule has 0 aromatic heterocycles. The average molecular weight is 284 g/mol. The van der Waals surface area contributed by atoms with Crippen molar-refractivity contribution in [1.82, 2.24) is 4.31 Å². The predicted molar refractivity (Wildman–Crippen MR) is 82.0 cm³/mol. The fourth-order valence-electron chi connectivity index (χ4n) is 1.50. The highest BCUT2D eigenvalue weighted by atomic mass is 32.2. The van der Waals surface area contributed by atoms with E-state index in [4.69, 9.17) is 4.28 Å². The maximum absolute atomic E-state index is 9.81. The van der Waals surface area contributed by atoms with E-state index in [1.165, 1.54) is 0 Å². The third-order valence-electron chi connectivity index (χ3n) is 2.24. The largest absolute Gasteiger partial charge is 0.506 e. The Balaban J connectivity index is 0.00000162. The zero-order chi connectivity index (χ0) is 12.3. The maximum Gasteiger partial charge on any atom is 0.141 e. The van der Waals surface area contributed by atoms with Crippen molar-refractivity contribution in [3.63, 3.8) is 0 Å². The molecule has 6 heteroatoms. The summed E-state index contributed by atoms with van der Waals surface area (Å²) in [6, 6.07) is 11.3. The molecule has 4 nitrogen and oxygen atoms in total. The number of phenolic OH excluding ortho intramolecular Hbond substituents is 1. The van der Waals surface area contributed by atoms with Crippen LogP contribution in [0.25, 0.3) is 10.8 Å². The summed E-state index contributed by atoms with van der Waals surface area (Å²) in [4.78, 5) is 0. The minimum Gasteiger partial charge on any atom is -0.506 e. The Morgan fingerprint density at radius 2 is 1.89 bits per heavy atom. The van der Waals surface area contributed by atoms with Gasteiger partial charge in [-0.05, 0) is 25.5 Å². The molecule has 0 spiro atoms. The molecule has 0 saturated heterocycles. The lowest BCUT2D eigenvalue weighted by Crippen LogP contribution is -2.04. The smallest absolute Gasteiger partial charge is 0.141 e. The summed E-state index contributed by atoms with van der Waals surface area (Å²) < 4.78 is 7.00. The number of rotatable bonds is 4. The molecule has 0 aliphatic carbocycles. The second kappa shape index (κ2) is 6.75. The number of nitrogens with zero attached hydrogens (tertiary/aromatic N) is 1.